The van der Waals surface area contributed by atoms with Gasteiger partial charge in [-0.3, -0.25) is 4.98 Å². The third kappa shape index (κ3) is 3.80. The van der Waals surface area contributed by atoms with Gasteiger partial charge in [-0.2, -0.15) is 0 Å². The summed E-state index contributed by atoms with van der Waals surface area (Å²) in [5, 5.41) is 0.744. The number of pyridine rings is 1. The fraction of sp³-hybridized carbons (Fsp3) is 0.154. The number of hydrogen-bond acceptors (Lipinski definition) is 1. The predicted octanol–water partition coefficient (Wildman–Crippen LogP) is 5.18. The van der Waals surface area contributed by atoms with Crippen molar-refractivity contribution < 1.29 is 0 Å². The van der Waals surface area contributed by atoms with Crippen molar-refractivity contribution in [2.24, 2.45) is 0 Å². The van der Waals surface area contributed by atoms with Crippen LogP contribution < -0.4 is 0 Å². The van der Waals surface area contributed by atoms with E-state index in [1.807, 2.05) is 36.7 Å². The van der Waals surface area contributed by atoms with E-state index in [1.165, 1.54) is 11.1 Å². The molecule has 1 unspecified atom stereocenters. The van der Waals surface area contributed by atoms with Crippen LogP contribution in [0.5, 0.6) is 0 Å². The number of hydrogen-bond donors (Lipinski definition) is 0. The fourth-order valence-corrected chi connectivity index (χ4v) is 3.12. The van der Waals surface area contributed by atoms with Crippen LogP contribution in [0.1, 0.15) is 16.0 Å². The van der Waals surface area contributed by atoms with Gasteiger partial charge in [-0.15, -0.1) is 0 Å². The lowest BCUT2D eigenvalue weighted by atomic mass is 10.1. The van der Waals surface area contributed by atoms with Crippen LogP contribution in [0.15, 0.2) is 47.2 Å². The van der Waals surface area contributed by atoms with Crippen molar-refractivity contribution in [3.05, 3.63) is 63.3 Å². The molecule has 0 fully saturated rings. The fourth-order valence-electron chi connectivity index (χ4n) is 1.60. The molecule has 1 aromatic heterocycles. The van der Waals surface area contributed by atoms with Gasteiger partial charge in [-0.25, -0.2) is 0 Å². The van der Waals surface area contributed by atoms with Crippen molar-refractivity contribution in [1.29, 1.82) is 0 Å². The van der Waals surface area contributed by atoms with Gasteiger partial charge in [0.1, 0.15) is 0 Å². The Bertz CT molecular complexity index is 482. The second-order valence-electron chi connectivity index (χ2n) is 3.73. The van der Waals surface area contributed by atoms with E-state index in [-0.39, 0.29) is 4.83 Å². The molecule has 2 aromatic rings. The van der Waals surface area contributed by atoms with E-state index >= 15 is 0 Å². The first-order valence-electron chi connectivity index (χ1n) is 5.14. The zero-order chi connectivity index (χ0) is 12.3. The summed E-state index contributed by atoms with van der Waals surface area (Å²) >= 11 is 13.2. The van der Waals surface area contributed by atoms with E-state index in [9.17, 15) is 0 Å². The summed E-state index contributed by atoms with van der Waals surface area (Å²) in [6.07, 6.45) is 4.53. The van der Waals surface area contributed by atoms with Crippen molar-refractivity contribution in [1.82, 2.24) is 4.98 Å². The molecular formula is C13H10Br2ClN. The van der Waals surface area contributed by atoms with Crippen molar-refractivity contribution in [2.75, 3.05) is 0 Å². The van der Waals surface area contributed by atoms with Gasteiger partial charge in [-0.05, 0) is 47.9 Å². The van der Waals surface area contributed by atoms with Crippen molar-refractivity contribution >= 4 is 43.5 Å². The molecule has 4 heteroatoms. The molecule has 1 aromatic carbocycles. The van der Waals surface area contributed by atoms with Crippen molar-refractivity contribution in [2.45, 2.75) is 11.2 Å². The highest BCUT2D eigenvalue weighted by Gasteiger charge is 2.10. The smallest absolute Gasteiger partial charge is 0.0436 e. The highest BCUT2D eigenvalue weighted by molar-refractivity contribution is 9.10. The summed E-state index contributed by atoms with van der Waals surface area (Å²) in [4.78, 5) is 4.26. The largest absolute Gasteiger partial charge is 0.265 e. The number of aromatic nitrogens is 1. The molecule has 0 aliphatic rings. The second kappa shape index (κ2) is 5.98. The van der Waals surface area contributed by atoms with Crippen LogP contribution in [0.2, 0.25) is 5.02 Å². The van der Waals surface area contributed by atoms with Crippen molar-refractivity contribution in [3.8, 4) is 0 Å². The molecular weight excluding hydrogens is 365 g/mol. The SMILES string of the molecule is Clc1cc(Br)cc(C(Br)Cc2ccncc2)c1. The molecule has 0 N–H and O–H groups in total. The molecule has 0 saturated heterocycles. The molecule has 0 amide bonds. The third-order valence-corrected chi connectivity index (χ3v) is 3.94. The molecule has 2 rings (SSSR count). The van der Waals surface area contributed by atoms with Crippen LogP contribution in [0, 0.1) is 0 Å². The first-order valence-corrected chi connectivity index (χ1v) is 7.23. The molecule has 1 atom stereocenters. The van der Waals surface area contributed by atoms with Gasteiger partial charge in [0, 0.05) is 26.7 Å². The summed E-state index contributed by atoms with van der Waals surface area (Å²) in [6.45, 7) is 0. The monoisotopic (exact) mass is 373 g/mol. The van der Waals surface area contributed by atoms with Crippen LogP contribution in [-0.2, 0) is 6.42 Å². The maximum Gasteiger partial charge on any atom is 0.0436 e. The summed E-state index contributed by atoms with van der Waals surface area (Å²) in [5.41, 5.74) is 2.42. The van der Waals surface area contributed by atoms with Crippen molar-refractivity contribution in [3.63, 3.8) is 0 Å². The average Bonchev–Trinajstić information content (AvgIpc) is 2.29. The van der Waals surface area contributed by atoms with E-state index < -0.39 is 0 Å². The lowest BCUT2D eigenvalue weighted by Gasteiger charge is -2.11. The minimum absolute atomic E-state index is 0.250. The summed E-state index contributed by atoms with van der Waals surface area (Å²) < 4.78 is 0.999. The van der Waals surface area contributed by atoms with Gasteiger partial charge < -0.3 is 0 Å². The van der Waals surface area contributed by atoms with E-state index in [4.69, 9.17) is 11.6 Å². The molecule has 0 spiro atoms. The van der Waals surface area contributed by atoms with Crippen LogP contribution in [0.3, 0.4) is 0 Å². The van der Waals surface area contributed by atoms with Gasteiger partial charge in [-0.1, -0.05) is 43.5 Å². The summed E-state index contributed by atoms with van der Waals surface area (Å²) in [5.74, 6) is 0. The Morgan fingerprint density at radius 3 is 2.53 bits per heavy atom. The van der Waals surface area contributed by atoms with E-state index in [0.29, 0.717) is 0 Å². The molecule has 1 heterocycles. The highest BCUT2D eigenvalue weighted by Crippen LogP contribution is 2.31. The average molecular weight is 375 g/mol. The minimum atomic E-state index is 0.250. The molecule has 0 radical (unpaired) electrons. The van der Waals surface area contributed by atoms with E-state index in [2.05, 4.69) is 42.9 Å². The summed E-state index contributed by atoms with van der Waals surface area (Å²) in [7, 11) is 0. The quantitative estimate of drug-likeness (QED) is 0.674. The molecule has 17 heavy (non-hydrogen) atoms. The van der Waals surface area contributed by atoms with Gasteiger partial charge in [0.2, 0.25) is 0 Å². The predicted molar refractivity (Wildman–Crippen MR) is 78.8 cm³/mol. The van der Waals surface area contributed by atoms with Gasteiger partial charge in [0.05, 0.1) is 0 Å². The Hall–Kier alpha value is -0.380. The Balaban J connectivity index is 2.17. The lowest BCUT2D eigenvalue weighted by Crippen LogP contribution is -1.95. The molecule has 1 nitrogen and oxygen atoms in total. The standard InChI is InChI=1S/C13H10Br2ClN/c14-11-6-10(7-12(16)8-11)13(15)5-9-1-3-17-4-2-9/h1-4,6-8,13H,5H2. The number of halogens is 3. The topological polar surface area (TPSA) is 12.9 Å². The zero-order valence-corrected chi connectivity index (χ0v) is 12.8. The van der Waals surface area contributed by atoms with Gasteiger partial charge in [0.15, 0.2) is 0 Å². The second-order valence-corrected chi connectivity index (χ2v) is 6.19. The molecule has 0 saturated carbocycles. The Morgan fingerprint density at radius 2 is 1.88 bits per heavy atom. The van der Waals surface area contributed by atoms with Crippen LogP contribution >= 0.6 is 43.5 Å². The van der Waals surface area contributed by atoms with E-state index in [1.54, 1.807) is 0 Å². The first-order chi connectivity index (χ1) is 8.15. The van der Waals surface area contributed by atoms with Gasteiger partial charge in [0.25, 0.3) is 0 Å². The number of rotatable bonds is 3. The maximum atomic E-state index is 6.04. The number of nitrogens with zero attached hydrogens (tertiary/aromatic N) is 1. The molecule has 88 valence electrons. The maximum absolute atomic E-state index is 6.04. The van der Waals surface area contributed by atoms with Crippen LogP contribution in [0.4, 0.5) is 0 Å². The number of benzene rings is 1. The van der Waals surface area contributed by atoms with Crippen LogP contribution in [-0.4, -0.2) is 4.98 Å². The first kappa shape index (κ1) is 13.1. The number of alkyl halides is 1. The highest BCUT2D eigenvalue weighted by atomic mass is 79.9. The van der Waals surface area contributed by atoms with Crippen LogP contribution in [0.25, 0.3) is 0 Å². The van der Waals surface area contributed by atoms with Gasteiger partial charge >= 0.3 is 0 Å². The molecule has 0 aliphatic heterocycles. The molecule has 0 aliphatic carbocycles. The lowest BCUT2D eigenvalue weighted by molar-refractivity contribution is 0.943. The molecule has 0 bridgehead atoms. The summed E-state index contributed by atoms with van der Waals surface area (Å²) in [6, 6.07) is 9.98. The Labute approximate surface area is 122 Å². The van der Waals surface area contributed by atoms with E-state index in [0.717, 1.165) is 15.9 Å². The normalized spacial score (nSPS) is 12.4. The zero-order valence-electron chi connectivity index (χ0n) is 8.91. The third-order valence-electron chi connectivity index (χ3n) is 2.41. The Morgan fingerprint density at radius 1 is 1.18 bits per heavy atom. The Kier molecular flexibility index (Phi) is 4.60. The minimum Gasteiger partial charge on any atom is -0.265 e.